The summed E-state index contributed by atoms with van der Waals surface area (Å²) in [5.41, 5.74) is -1.06. The van der Waals surface area contributed by atoms with Crippen molar-refractivity contribution in [2.75, 3.05) is 25.2 Å². The number of phosphoric acid groups is 1. The molecule has 0 aromatic heterocycles. The lowest BCUT2D eigenvalue weighted by Crippen LogP contribution is -2.36. The minimum atomic E-state index is -4.61. The fourth-order valence-corrected chi connectivity index (χ4v) is 4.99. The third-order valence-corrected chi connectivity index (χ3v) is 7.18. The number of unbranched alkanes of at least 4 members (excludes halogenated alkanes) is 13. The van der Waals surface area contributed by atoms with Crippen molar-refractivity contribution in [2.24, 2.45) is 5.41 Å². The van der Waals surface area contributed by atoms with Crippen molar-refractivity contribution in [3.8, 4) is 0 Å². The predicted octanol–water partition coefficient (Wildman–Crippen LogP) is 6.49. The molecule has 1 atom stereocenters. The Morgan fingerprint density at radius 3 is 1.70 bits per heavy atom. The molecule has 0 amide bonds. The van der Waals surface area contributed by atoms with Gasteiger partial charge in [0.05, 0.1) is 19.1 Å². The van der Waals surface area contributed by atoms with Crippen molar-refractivity contribution >= 4 is 25.6 Å². The normalized spacial score (nSPS) is 13.9. The molecule has 0 bridgehead atoms. The van der Waals surface area contributed by atoms with Crippen LogP contribution in [0.15, 0.2) is 0 Å². The maximum Gasteiger partial charge on any atom is 0.469 e. The van der Waals surface area contributed by atoms with E-state index in [2.05, 4.69) is 11.4 Å². The number of ether oxygens (including phenoxy) is 1. The van der Waals surface area contributed by atoms with Crippen molar-refractivity contribution in [3.05, 3.63) is 0 Å². The zero-order valence-electron chi connectivity index (χ0n) is 19.4. The molecule has 0 aliphatic heterocycles. The number of rotatable bonds is 21. The Morgan fingerprint density at radius 1 is 0.867 bits per heavy atom. The van der Waals surface area contributed by atoms with Gasteiger partial charge in [0.2, 0.25) is 0 Å². The van der Waals surface area contributed by atoms with Crippen LogP contribution in [-0.2, 0) is 18.6 Å². The Hall–Kier alpha value is -0.0700. The van der Waals surface area contributed by atoms with Gasteiger partial charge in [0, 0.05) is 5.75 Å². The first-order valence-corrected chi connectivity index (χ1v) is 14.3. The number of carbonyl (C=O) groups is 1. The number of thioether (sulfide) groups is 1. The van der Waals surface area contributed by atoms with Crippen LogP contribution in [-0.4, -0.2) is 41.0 Å². The molecule has 0 spiro atoms. The Bertz CT molecular complexity index is 471. The van der Waals surface area contributed by atoms with Gasteiger partial charge in [0.1, 0.15) is 0 Å². The van der Waals surface area contributed by atoms with Gasteiger partial charge in [-0.15, -0.1) is 0 Å². The van der Waals surface area contributed by atoms with Crippen molar-refractivity contribution in [1.82, 2.24) is 0 Å². The summed E-state index contributed by atoms with van der Waals surface area (Å²) in [7, 11) is -3.33. The van der Waals surface area contributed by atoms with Crippen molar-refractivity contribution < 1.29 is 28.4 Å². The number of esters is 1. The minimum Gasteiger partial charge on any atom is -0.469 e. The second-order valence-electron chi connectivity index (χ2n) is 8.47. The summed E-state index contributed by atoms with van der Waals surface area (Å²) >= 11 is 1.60. The standard InChI is InChI=1S/C22H45O6PS/c1-4-5-6-7-8-9-10-11-12-13-14-15-16-17-18-30-20-22(2,21(23)27-3)19-28-29(24,25)26/h4-20H2,1-3H3,(H2,24,25,26). The van der Waals surface area contributed by atoms with E-state index < -0.39 is 19.2 Å². The van der Waals surface area contributed by atoms with E-state index in [9.17, 15) is 9.36 Å². The summed E-state index contributed by atoms with van der Waals surface area (Å²) in [6.45, 7) is 3.52. The predicted molar refractivity (Wildman–Crippen MR) is 126 cm³/mol. The highest BCUT2D eigenvalue weighted by Crippen LogP contribution is 2.39. The Morgan fingerprint density at radius 2 is 1.30 bits per heavy atom. The maximum absolute atomic E-state index is 12.0. The second kappa shape index (κ2) is 18.5. The lowest BCUT2D eigenvalue weighted by atomic mass is 9.95. The number of methoxy groups -OCH3 is 1. The monoisotopic (exact) mass is 468 g/mol. The largest absolute Gasteiger partial charge is 0.469 e. The fourth-order valence-electron chi connectivity index (χ4n) is 3.33. The Kier molecular flexibility index (Phi) is 18.5. The van der Waals surface area contributed by atoms with Gasteiger partial charge in [-0.25, -0.2) is 4.57 Å². The van der Waals surface area contributed by atoms with E-state index in [-0.39, 0.29) is 6.61 Å². The van der Waals surface area contributed by atoms with Crippen LogP contribution >= 0.6 is 19.6 Å². The third-order valence-electron chi connectivity index (χ3n) is 5.29. The summed E-state index contributed by atoms with van der Waals surface area (Å²) in [6, 6.07) is 0. The van der Waals surface area contributed by atoms with Crippen LogP contribution in [0.3, 0.4) is 0 Å². The Labute approximate surface area is 188 Å². The summed E-state index contributed by atoms with van der Waals surface area (Å²) in [6.07, 6.45) is 18.5. The van der Waals surface area contributed by atoms with Gasteiger partial charge in [-0.3, -0.25) is 9.32 Å². The summed E-state index contributed by atoms with van der Waals surface area (Å²) in [5, 5.41) is 0. The smallest absolute Gasteiger partial charge is 0.469 e. The van der Waals surface area contributed by atoms with Gasteiger partial charge in [-0.05, 0) is 19.1 Å². The number of carbonyl (C=O) groups excluding carboxylic acids is 1. The molecule has 180 valence electrons. The highest BCUT2D eigenvalue weighted by atomic mass is 32.2. The highest BCUT2D eigenvalue weighted by Gasteiger charge is 2.37. The lowest BCUT2D eigenvalue weighted by Gasteiger charge is -2.26. The molecule has 0 saturated carbocycles. The molecule has 30 heavy (non-hydrogen) atoms. The molecule has 0 saturated heterocycles. The molecular weight excluding hydrogens is 423 g/mol. The molecule has 0 heterocycles. The van der Waals surface area contributed by atoms with Gasteiger partial charge in [-0.2, -0.15) is 11.8 Å². The molecule has 0 rings (SSSR count). The van der Waals surface area contributed by atoms with Crippen molar-refractivity contribution in [2.45, 2.75) is 104 Å². The molecule has 0 aromatic rings. The van der Waals surface area contributed by atoms with Crippen molar-refractivity contribution in [1.29, 1.82) is 0 Å². The summed E-state index contributed by atoms with van der Waals surface area (Å²) in [5.74, 6) is 0.822. The molecule has 8 heteroatoms. The van der Waals surface area contributed by atoms with Crippen LogP contribution < -0.4 is 0 Å². The SMILES string of the molecule is CCCCCCCCCCCCCCCCSCC(C)(COP(=O)(O)O)C(=O)OC. The molecule has 0 radical (unpaired) electrons. The van der Waals surface area contributed by atoms with Gasteiger partial charge in [0.25, 0.3) is 0 Å². The Balaban J connectivity index is 3.64. The average Bonchev–Trinajstić information content (AvgIpc) is 2.70. The van der Waals surface area contributed by atoms with E-state index in [1.165, 1.54) is 90.6 Å². The highest BCUT2D eigenvalue weighted by molar-refractivity contribution is 7.99. The van der Waals surface area contributed by atoms with Crippen LogP contribution in [0.4, 0.5) is 0 Å². The first kappa shape index (κ1) is 29.9. The van der Waals surface area contributed by atoms with E-state index in [1.807, 2.05) is 0 Å². The van der Waals surface area contributed by atoms with Crippen LogP contribution in [0.1, 0.15) is 104 Å². The van der Waals surface area contributed by atoms with Gasteiger partial charge < -0.3 is 14.5 Å². The van der Waals surface area contributed by atoms with E-state index in [0.717, 1.165) is 12.2 Å². The molecule has 6 nitrogen and oxygen atoms in total. The van der Waals surface area contributed by atoms with Crippen molar-refractivity contribution in [3.63, 3.8) is 0 Å². The molecule has 0 aliphatic rings. The van der Waals surface area contributed by atoms with Crippen LogP contribution in [0.25, 0.3) is 0 Å². The fraction of sp³-hybridized carbons (Fsp3) is 0.955. The number of hydrogen-bond donors (Lipinski definition) is 2. The van der Waals surface area contributed by atoms with Gasteiger partial charge in [-0.1, -0.05) is 90.4 Å². The average molecular weight is 469 g/mol. The van der Waals surface area contributed by atoms with Gasteiger partial charge in [0.15, 0.2) is 0 Å². The van der Waals surface area contributed by atoms with Crippen LogP contribution in [0.5, 0.6) is 0 Å². The molecule has 0 fully saturated rings. The third kappa shape index (κ3) is 17.6. The molecular formula is C22H45O6PS. The first-order chi connectivity index (χ1) is 14.2. The number of phosphoric ester groups is 1. The maximum atomic E-state index is 12.0. The van der Waals surface area contributed by atoms with Crippen LogP contribution in [0, 0.1) is 5.41 Å². The first-order valence-electron chi connectivity index (χ1n) is 11.6. The molecule has 0 aliphatic carbocycles. The molecule has 2 N–H and O–H groups in total. The van der Waals surface area contributed by atoms with E-state index in [1.54, 1.807) is 18.7 Å². The summed E-state index contributed by atoms with van der Waals surface area (Å²) in [4.78, 5) is 29.7. The lowest BCUT2D eigenvalue weighted by molar-refractivity contribution is -0.152. The quantitative estimate of drug-likeness (QED) is 0.113. The minimum absolute atomic E-state index is 0.351. The van der Waals surface area contributed by atoms with Gasteiger partial charge >= 0.3 is 13.8 Å². The zero-order chi connectivity index (χ0) is 22.7. The molecule has 0 aromatic carbocycles. The summed E-state index contributed by atoms with van der Waals surface area (Å²) < 4.78 is 20.2. The second-order valence-corrected chi connectivity index (χ2v) is 10.8. The topological polar surface area (TPSA) is 93.1 Å². The molecule has 1 unspecified atom stereocenters. The van der Waals surface area contributed by atoms with E-state index in [0.29, 0.717) is 5.75 Å². The van der Waals surface area contributed by atoms with E-state index in [4.69, 9.17) is 14.5 Å². The van der Waals surface area contributed by atoms with Crippen LogP contribution in [0.2, 0.25) is 0 Å². The number of hydrogen-bond acceptors (Lipinski definition) is 5. The zero-order valence-corrected chi connectivity index (χ0v) is 21.1. The van der Waals surface area contributed by atoms with E-state index >= 15 is 0 Å².